The highest BCUT2D eigenvalue weighted by molar-refractivity contribution is 6.01. The summed E-state index contributed by atoms with van der Waals surface area (Å²) in [5, 5.41) is 2.27. The molecule has 0 aliphatic carbocycles. The molecule has 0 aromatic carbocycles. The summed E-state index contributed by atoms with van der Waals surface area (Å²) in [6.07, 6.45) is 5.85. The Labute approximate surface area is 84.7 Å². The lowest BCUT2D eigenvalue weighted by Gasteiger charge is -2.12. The van der Waals surface area contributed by atoms with Crippen LogP contribution < -0.4 is 5.32 Å². The molecule has 1 heterocycles. The second-order valence-corrected chi connectivity index (χ2v) is 3.69. The lowest BCUT2D eigenvalue weighted by molar-refractivity contribution is -0.118. The number of hydrogen-bond acceptors (Lipinski definition) is 2. The van der Waals surface area contributed by atoms with Gasteiger partial charge in [0.15, 0.2) is 0 Å². The summed E-state index contributed by atoms with van der Waals surface area (Å²) in [5.41, 5.74) is 0. The monoisotopic (exact) mass is 198 g/mol. The molecule has 0 spiro atoms. The third kappa shape index (κ3) is 3.36. The summed E-state index contributed by atoms with van der Waals surface area (Å²) in [7, 11) is 0. The summed E-state index contributed by atoms with van der Waals surface area (Å²) in [5.74, 6) is -0.177. The van der Waals surface area contributed by atoms with Gasteiger partial charge in [-0.25, -0.2) is 4.79 Å². The van der Waals surface area contributed by atoms with E-state index in [0.29, 0.717) is 6.54 Å². The topological polar surface area (TPSA) is 49.4 Å². The first-order chi connectivity index (χ1) is 6.74. The number of nitrogens with one attached hydrogen (secondary N) is 1. The zero-order valence-corrected chi connectivity index (χ0v) is 8.71. The van der Waals surface area contributed by atoms with Crippen molar-refractivity contribution in [2.24, 2.45) is 0 Å². The number of nitrogens with zero attached hydrogens (tertiary/aromatic N) is 1. The van der Waals surface area contributed by atoms with Crippen LogP contribution in [0, 0.1) is 0 Å². The fourth-order valence-electron chi connectivity index (χ4n) is 1.57. The van der Waals surface area contributed by atoms with Crippen molar-refractivity contribution < 1.29 is 9.59 Å². The number of carbonyl (C=O) groups is 2. The highest BCUT2D eigenvalue weighted by Gasteiger charge is 2.25. The summed E-state index contributed by atoms with van der Waals surface area (Å²) in [4.78, 5) is 23.5. The molecule has 1 aliphatic heterocycles. The largest absolute Gasteiger partial charge is 0.324 e. The Balaban J connectivity index is 2.07. The first kappa shape index (κ1) is 11.0. The summed E-state index contributed by atoms with van der Waals surface area (Å²) >= 11 is 0. The average molecular weight is 198 g/mol. The molecule has 4 heteroatoms. The summed E-state index contributed by atoms with van der Waals surface area (Å²) in [6.45, 7) is 3.13. The van der Waals surface area contributed by atoms with Crippen molar-refractivity contribution in [3.8, 4) is 0 Å². The van der Waals surface area contributed by atoms with E-state index in [-0.39, 0.29) is 18.5 Å². The minimum Gasteiger partial charge on any atom is -0.315 e. The fraction of sp³-hybridized carbons (Fsp3) is 0.800. The predicted molar refractivity (Wildman–Crippen MR) is 53.9 cm³/mol. The second kappa shape index (κ2) is 5.62. The molecular weight excluding hydrogens is 180 g/mol. The number of rotatable bonds is 6. The Morgan fingerprint density at radius 1 is 1.21 bits per heavy atom. The molecule has 1 rings (SSSR count). The highest BCUT2D eigenvalue weighted by atomic mass is 16.2. The van der Waals surface area contributed by atoms with Crippen molar-refractivity contribution in [3.05, 3.63) is 0 Å². The fourth-order valence-corrected chi connectivity index (χ4v) is 1.57. The van der Waals surface area contributed by atoms with E-state index in [1.807, 2.05) is 0 Å². The molecule has 0 aromatic heterocycles. The number of hydrogen-bond donors (Lipinski definition) is 1. The zero-order valence-electron chi connectivity index (χ0n) is 8.71. The van der Waals surface area contributed by atoms with E-state index in [0.717, 1.165) is 12.8 Å². The molecule has 3 amide bonds. The molecule has 1 aliphatic rings. The van der Waals surface area contributed by atoms with Crippen LogP contribution >= 0.6 is 0 Å². The lowest BCUT2D eigenvalue weighted by Crippen LogP contribution is -2.29. The average Bonchev–Trinajstić information content (AvgIpc) is 2.45. The molecule has 4 nitrogen and oxygen atoms in total. The van der Waals surface area contributed by atoms with Crippen LogP contribution in [-0.4, -0.2) is 29.9 Å². The lowest BCUT2D eigenvalue weighted by atomic mass is 10.1. The molecule has 0 bridgehead atoms. The van der Waals surface area contributed by atoms with Crippen molar-refractivity contribution in [3.63, 3.8) is 0 Å². The van der Waals surface area contributed by atoms with Gasteiger partial charge in [-0.05, 0) is 6.42 Å². The third-order valence-electron chi connectivity index (χ3n) is 2.40. The first-order valence-corrected chi connectivity index (χ1v) is 5.32. The van der Waals surface area contributed by atoms with Gasteiger partial charge in [0.25, 0.3) is 0 Å². The van der Waals surface area contributed by atoms with Gasteiger partial charge in [0.1, 0.15) is 6.54 Å². The SMILES string of the molecule is CCCCCCCN1CC(=O)NC1=O. The van der Waals surface area contributed by atoms with Gasteiger partial charge in [0, 0.05) is 6.54 Å². The minimum atomic E-state index is -0.231. The van der Waals surface area contributed by atoms with Gasteiger partial charge in [-0.15, -0.1) is 0 Å². The van der Waals surface area contributed by atoms with Crippen molar-refractivity contribution >= 4 is 11.9 Å². The Hall–Kier alpha value is -1.06. The quantitative estimate of drug-likeness (QED) is 0.519. The second-order valence-electron chi connectivity index (χ2n) is 3.69. The van der Waals surface area contributed by atoms with Gasteiger partial charge in [0.05, 0.1) is 0 Å². The normalized spacial score (nSPS) is 16.2. The Bertz CT molecular complexity index is 216. The van der Waals surface area contributed by atoms with Gasteiger partial charge in [-0.3, -0.25) is 10.1 Å². The number of urea groups is 1. The minimum absolute atomic E-state index is 0.177. The maximum atomic E-state index is 11.1. The predicted octanol–water partition coefficient (Wildman–Crippen LogP) is 1.51. The van der Waals surface area contributed by atoms with E-state index in [1.165, 1.54) is 19.3 Å². The standard InChI is InChI=1S/C10H18N2O2/c1-2-3-4-5-6-7-12-8-9(13)11-10(12)14/h2-8H2,1H3,(H,11,13,14). The van der Waals surface area contributed by atoms with Crippen molar-refractivity contribution in [2.75, 3.05) is 13.1 Å². The smallest absolute Gasteiger partial charge is 0.315 e. The molecule has 0 aromatic rings. The summed E-state index contributed by atoms with van der Waals surface area (Å²) < 4.78 is 0. The maximum absolute atomic E-state index is 11.1. The van der Waals surface area contributed by atoms with E-state index >= 15 is 0 Å². The summed E-state index contributed by atoms with van der Waals surface area (Å²) in [6, 6.07) is -0.231. The third-order valence-corrected chi connectivity index (χ3v) is 2.40. The Kier molecular flexibility index (Phi) is 4.43. The Morgan fingerprint density at radius 2 is 1.93 bits per heavy atom. The van der Waals surface area contributed by atoms with Crippen LogP contribution in [0.25, 0.3) is 0 Å². The number of unbranched alkanes of at least 4 members (excludes halogenated alkanes) is 4. The molecule has 0 unspecified atom stereocenters. The van der Waals surface area contributed by atoms with E-state index < -0.39 is 0 Å². The van der Waals surface area contributed by atoms with Crippen molar-refractivity contribution in [2.45, 2.75) is 39.0 Å². The van der Waals surface area contributed by atoms with Gasteiger partial charge >= 0.3 is 6.03 Å². The van der Waals surface area contributed by atoms with Gasteiger partial charge in [-0.1, -0.05) is 32.6 Å². The molecule has 80 valence electrons. The molecule has 1 N–H and O–H groups in total. The van der Waals surface area contributed by atoms with Crippen molar-refractivity contribution in [1.29, 1.82) is 0 Å². The highest BCUT2D eigenvalue weighted by Crippen LogP contribution is 2.05. The van der Waals surface area contributed by atoms with E-state index in [1.54, 1.807) is 4.90 Å². The van der Waals surface area contributed by atoms with Gasteiger partial charge in [-0.2, -0.15) is 0 Å². The maximum Gasteiger partial charge on any atom is 0.324 e. The van der Waals surface area contributed by atoms with Gasteiger partial charge < -0.3 is 4.90 Å². The number of carbonyl (C=O) groups excluding carboxylic acids is 2. The molecule has 0 saturated carbocycles. The first-order valence-electron chi connectivity index (χ1n) is 5.32. The van der Waals surface area contributed by atoms with Crippen LogP contribution in [0.5, 0.6) is 0 Å². The van der Waals surface area contributed by atoms with Crippen LogP contribution in [0.1, 0.15) is 39.0 Å². The zero-order chi connectivity index (χ0) is 10.4. The molecular formula is C10H18N2O2. The van der Waals surface area contributed by atoms with E-state index in [2.05, 4.69) is 12.2 Å². The van der Waals surface area contributed by atoms with E-state index in [9.17, 15) is 9.59 Å². The molecule has 1 fully saturated rings. The molecule has 1 saturated heterocycles. The van der Waals surface area contributed by atoms with Crippen LogP contribution in [0.2, 0.25) is 0 Å². The van der Waals surface area contributed by atoms with Gasteiger partial charge in [0.2, 0.25) is 5.91 Å². The van der Waals surface area contributed by atoms with E-state index in [4.69, 9.17) is 0 Å². The molecule has 0 radical (unpaired) electrons. The molecule has 14 heavy (non-hydrogen) atoms. The van der Waals surface area contributed by atoms with Crippen LogP contribution in [0.15, 0.2) is 0 Å². The van der Waals surface area contributed by atoms with Crippen LogP contribution in [0.3, 0.4) is 0 Å². The van der Waals surface area contributed by atoms with Crippen molar-refractivity contribution in [1.82, 2.24) is 10.2 Å². The van der Waals surface area contributed by atoms with Crippen LogP contribution in [-0.2, 0) is 4.79 Å². The number of imide groups is 1. The Morgan fingerprint density at radius 3 is 2.50 bits per heavy atom. The number of amides is 3. The molecule has 0 atom stereocenters. The van der Waals surface area contributed by atoms with Crippen LogP contribution in [0.4, 0.5) is 4.79 Å².